The maximum absolute atomic E-state index is 12.9. The Bertz CT molecular complexity index is 820. The van der Waals surface area contributed by atoms with Crippen molar-refractivity contribution >= 4 is 5.91 Å². The summed E-state index contributed by atoms with van der Waals surface area (Å²) >= 11 is 0. The Morgan fingerprint density at radius 1 is 1.23 bits per heavy atom. The number of aliphatic hydroxyl groups excluding tert-OH is 1. The largest absolute Gasteiger partial charge is 0.489 e. The highest BCUT2D eigenvalue weighted by Crippen LogP contribution is 2.35. The Balaban J connectivity index is 1.31. The third-order valence-corrected chi connectivity index (χ3v) is 5.92. The van der Waals surface area contributed by atoms with Crippen LogP contribution in [0.15, 0.2) is 12.1 Å². The van der Waals surface area contributed by atoms with Gasteiger partial charge in [0.25, 0.3) is 5.91 Å². The summed E-state index contributed by atoms with van der Waals surface area (Å²) in [5, 5.41) is 22.8. The lowest BCUT2D eigenvalue weighted by Gasteiger charge is -2.36. The number of nitrogens with one attached hydrogen (secondary N) is 1. The normalized spacial score (nSPS) is 24.4. The van der Waals surface area contributed by atoms with Gasteiger partial charge in [0, 0.05) is 44.5 Å². The molecule has 0 aromatic heterocycles. The molecule has 0 aliphatic carbocycles. The number of benzene rings is 1. The van der Waals surface area contributed by atoms with Gasteiger partial charge in [-0.2, -0.15) is 5.26 Å². The molecule has 2 fully saturated rings. The van der Waals surface area contributed by atoms with Gasteiger partial charge in [0.05, 0.1) is 49.7 Å². The predicted molar refractivity (Wildman–Crippen MR) is 110 cm³/mol. The van der Waals surface area contributed by atoms with E-state index in [0.29, 0.717) is 68.6 Å². The molecule has 0 unspecified atom stereocenters. The molecule has 4 rings (SSSR count). The maximum atomic E-state index is 12.9. The molecule has 0 spiro atoms. The molecule has 9 heteroatoms. The molecule has 3 heterocycles. The van der Waals surface area contributed by atoms with Gasteiger partial charge in [0.2, 0.25) is 0 Å². The number of likely N-dealkylation sites (tertiary alicyclic amines) is 1. The quantitative estimate of drug-likeness (QED) is 0.683. The summed E-state index contributed by atoms with van der Waals surface area (Å²) in [5.41, 5.74) is 0.636. The van der Waals surface area contributed by atoms with Crippen LogP contribution in [-0.2, 0) is 9.47 Å². The smallest absolute Gasteiger partial charge is 0.255 e. The number of ether oxygens (including phenoxy) is 4. The second kappa shape index (κ2) is 10.3. The number of carbonyl (C=O) groups is 1. The van der Waals surface area contributed by atoms with E-state index in [-0.39, 0.29) is 18.1 Å². The second-order valence-corrected chi connectivity index (χ2v) is 8.10. The molecule has 3 aliphatic rings. The number of hydrogen-bond donors (Lipinski definition) is 2. The van der Waals surface area contributed by atoms with Gasteiger partial charge < -0.3 is 34.3 Å². The van der Waals surface area contributed by atoms with Gasteiger partial charge in [-0.1, -0.05) is 0 Å². The van der Waals surface area contributed by atoms with E-state index in [4.69, 9.17) is 18.9 Å². The fraction of sp³-hybridized carbons (Fsp3) is 0.636. The number of hydrogen-bond acceptors (Lipinski definition) is 8. The number of carbonyl (C=O) groups excluding carboxylic acids is 1. The van der Waals surface area contributed by atoms with Crippen molar-refractivity contribution in [2.75, 3.05) is 52.6 Å². The molecule has 2 atom stereocenters. The molecule has 2 saturated heterocycles. The van der Waals surface area contributed by atoms with Crippen molar-refractivity contribution in [3.63, 3.8) is 0 Å². The summed E-state index contributed by atoms with van der Waals surface area (Å²) in [6.07, 6.45) is 1.61. The number of fused-ring (bicyclic) bond motifs is 1. The summed E-state index contributed by atoms with van der Waals surface area (Å²) in [5.74, 6) is 0.434. The first-order valence-electron chi connectivity index (χ1n) is 10.9. The molecule has 3 aliphatic heterocycles. The van der Waals surface area contributed by atoms with Crippen LogP contribution in [0, 0.1) is 17.2 Å². The van der Waals surface area contributed by atoms with Crippen molar-refractivity contribution in [2.24, 2.45) is 5.92 Å². The molecule has 168 valence electrons. The van der Waals surface area contributed by atoms with E-state index < -0.39 is 6.10 Å². The third kappa shape index (κ3) is 5.46. The third-order valence-electron chi connectivity index (χ3n) is 5.92. The average Bonchev–Trinajstić information content (AvgIpc) is 3.19. The zero-order valence-corrected chi connectivity index (χ0v) is 17.5. The van der Waals surface area contributed by atoms with E-state index in [2.05, 4.69) is 16.3 Å². The van der Waals surface area contributed by atoms with Crippen LogP contribution in [0.25, 0.3) is 0 Å². The van der Waals surface area contributed by atoms with Crippen LogP contribution in [0.3, 0.4) is 0 Å². The van der Waals surface area contributed by atoms with Crippen molar-refractivity contribution in [1.29, 1.82) is 5.26 Å². The topological polar surface area (TPSA) is 113 Å². The number of aliphatic hydroxyl groups is 1. The molecule has 2 N–H and O–H groups in total. The highest BCUT2D eigenvalue weighted by Gasteiger charge is 2.29. The van der Waals surface area contributed by atoms with E-state index in [1.54, 1.807) is 6.07 Å². The van der Waals surface area contributed by atoms with Crippen molar-refractivity contribution in [3.05, 3.63) is 23.3 Å². The zero-order chi connectivity index (χ0) is 21.6. The van der Waals surface area contributed by atoms with Crippen molar-refractivity contribution < 1.29 is 28.8 Å². The summed E-state index contributed by atoms with van der Waals surface area (Å²) in [6.45, 7) is 4.80. The lowest BCUT2D eigenvalue weighted by molar-refractivity contribution is -0.0576. The molecular weight excluding hydrogens is 402 g/mol. The van der Waals surface area contributed by atoms with E-state index in [1.807, 2.05) is 0 Å². The zero-order valence-electron chi connectivity index (χ0n) is 17.5. The summed E-state index contributed by atoms with van der Waals surface area (Å²) in [7, 11) is 0. The summed E-state index contributed by atoms with van der Waals surface area (Å²) < 4.78 is 22.3. The van der Waals surface area contributed by atoms with Crippen molar-refractivity contribution in [3.8, 4) is 17.6 Å². The minimum Gasteiger partial charge on any atom is -0.489 e. The van der Waals surface area contributed by atoms with Gasteiger partial charge in [-0.05, 0) is 19.0 Å². The molecule has 1 amide bonds. The monoisotopic (exact) mass is 431 g/mol. The molecule has 9 nitrogen and oxygen atoms in total. The predicted octanol–water partition coefficient (Wildman–Crippen LogP) is 0.895. The van der Waals surface area contributed by atoms with E-state index in [0.717, 1.165) is 25.9 Å². The first kappa shape index (κ1) is 21.8. The lowest BCUT2D eigenvalue weighted by atomic mass is 9.93. The Kier molecular flexibility index (Phi) is 7.25. The van der Waals surface area contributed by atoms with Crippen molar-refractivity contribution in [1.82, 2.24) is 10.2 Å². The number of amides is 1. The molecule has 0 radical (unpaired) electrons. The molecule has 1 aromatic carbocycles. The highest BCUT2D eigenvalue weighted by atomic mass is 16.7. The molecule has 0 bridgehead atoms. The number of piperidine rings is 1. The molecular formula is C22H29N3O6. The van der Waals surface area contributed by atoms with E-state index in [9.17, 15) is 15.2 Å². The van der Waals surface area contributed by atoms with Gasteiger partial charge in [-0.25, -0.2) is 0 Å². The van der Waals surface area contributed by atoms with Gasteiger partial charge in [0.1, 0.15) is 0 Å². The Morgan fingerprint density at radius 3 is 2.81 bits per heavy atom. The number of nitrogens with zero attached hydrogens (tertiary/aromatic N) is 2. The molecule has 0 saturated carbocycles. The van der Waals surface area contributed by atoms with Crippen LogP contribution in [0.4, 0.5) is 0 Å². The number of rotatable bonds is 6. The number of nitriles is 1. The maximum Gasteiger partial charge on any atom is 0.255 e. The SMILES string of the molecule is N#Cc1cc2c(c(C(=O)NC[C@@H]3CCN(CCC4OCCO4)C[C@H]3O)c1)OCCCO2. The van der Waals surface area contributed by atoms with E-state index >= 15 is 0 Å². The summed E-state index contributed by atoms with van der Waals surface area (Å²) in [4.78, 5) is 15.1. The van der Waals surface area contributed by atoms with Crippen LogP contribution < -0.4 is 14.8 Å². The Hall–Kier alpha value is -2.38. The minimum absolute atomic E-state index is 0.0332. The van der Waals surface area contributed by atoms with Crippen LogP contribution in [0.2, 0.25) is 0 Å². The van der Waals surface area contributed by atoms with Crippen molar-refractivity contribution in [2.45, 2.75) is 31.7 Å². The number of β-amino-alcohol motifs (C(OH)–C–C–N with tert-alkyl or cyclic N) is 1. The standard InChI is InChI=1S/C22H29N3O6/c23-12-15-10-17(21-19(11-15)28-6-1-7-31-21)22(27)24-13-16-2-4-25(14-18(16)26)5-3-20-29-8-9-30-20/h10-11,16,18,20,26H,1-9,13-14H2,(H,24,27)/t16-,18+/m0/s1. The Morgan fingerprint density at radius 2 is 2.03 bits per heavy atom. The molecule has 1 aromatic rings. The first-order valence-corrected chi connectivity index (χ1v) is 10.9. The van der Waals surface area contributed by atoms with Crippen LogP contribution in [0.1, 0.15) is 35.2 Å². The van der Waals surface area contributed by atoms with E-state index in [1.165, 1.54) is 6.07 Å². The van der Waals surface area contributed by atoms with Crippen LogP contribution in [0.5, 0.6) is 11.5 Å². The van der Waals surface area contributed by atoms with Gasteiger partial charge in [-0.3, -0.25) is 4.79 Å². The Labute approximate surface area is 181 Å². The van der Waals surface area contributed by atoms with Gasteiger partial charge >= 0.3 is 0 Å². The van der Waals surface area contributed by atoms with Gasteiger partial charge in [-0.15, -0.1) is 0 Å². The lowest BCUT2D eigenvalue weighted by Crippen LogP contribution is -2.48. The fourth-order valence-corrected chi connectivity index (χ4v) is 4.17. The fourth-order valence-electron chi connectivity index (χ4n) is 4.17. The molecule has 31 heavy (non-hydrogen) atoms. The second-order valence-electron chi connectivity index (χ2n) is 8.10. The minimum atomic E-state index is -0.526. The van der Waals surface area contributed by atoms with Gasteiger partial charge in [0.15, 0.2) is 17.8 Å². The van der Waals surface area contributed by atoms with Crippen LogP contribution >= 0.6 is 0 Å². The average molecular weight is 431 g/mol. The van der Waals surface area contributed by atoms with Crippen LogP contribution in [-0.4, -0.2) is 80.9 Å². The summed E-state index contributed by atoms with van der Waals surface area (Å²) in [6, 6.07) is 5.18. The first-order chi connectivity index (χ1) is 15.1. The highest BCUT2D eigenvalue weighted by molar-refractivity contribution is 5.98.